The van der Waals surface area contributed by atoms with E-state index in [1.807, 2.05) is 48.7 Å². The van der Waals surface area contributed by atoms with Crippen molar-refractivity contribution in [3.05, 3.63) is 83.5 Å². The molecule has 1 aromatic rings. The number of dihydropyridines is 1. The number of hydrogen-bond acceptors (Lipinski definition) is 6. The quantitative estimate of drug-likeness (QED) is 0.607. The van der Waals surface area contributed by atoms with Gasteiger partial charge in [-0.25, -0.2) is 5.43 Å². The second kappa shape index (κ2) is 6.78. The second-order valence-corrected chi connectivity index (χ2v) is 6.09. The minimum atomic E-state index is -0.196. The number of rotatable bonds is 3. The zero-order chi connectivity index (χ0) is 17.9. The molecule has 3 heterocycles. The maximum atomic E-state index is 12.7. The van der Waals surface area contributed by atoms with Gasteiger partial charge in [-0.3, -0.25) is 9.80 Å². The molecule has 2 unspecified atom stereocenters. The number of carbonyl (C=O) groups is 1. The van der Waals surface area contributed by atoms with Crippen molar-refractivity contribution in [2.75, 3.05) is 6.54 Å². The molecule has 7 heteroatoms. The summed E-state index contributed by atoms with van der Waals surface area (Å²) in [5.74, 6) is -0.196. The van der Waals surface area contributed by atoms with E-state index in [4.69, 9.17) is 0 Å². The fourth-order valence-electron chi connectivity index (χ4n) is 3.13. The minimum Gasteiger partial charge on any atom is -0.385 e. The SMILES string of the molecule is N#Cc1ccccc1C1C=CC2NC=C(C(=O)NC3=CC=CNC3)N2N1. The molecular weight excluding hydrogens is 328 g/mol. The van der Waals surface area contributed by atoms with Gasteiger partial charge in [0.2, 0.25) is 0 Å². The van der Waals surface area contributed by atoms with Crippen molar-refractivity contribution in [1.29, 1.82) is 5.26 Å². The van der Waals surface area contributed by atoms with Crippen LogP contribution in [0.25, 0.3) is 0 Å². The van der Waals surface area contributed by atoms with Crippen LogP contribution in [0.4, 0.5) is 0 Å². The molecule has 4 rings (SSSR count). The van der Waals surface area contributed by atoms with Gasteiger partial charge in [0.15, 0.2) is 0 Å². The fraction of sp³-hybridized carbons (Fsp3) is 0.158. The summed E-state index contributed by atoms with van der Waals surface area (Å²) >= 11 is 0. The average molecular weight is 346 g/mol. The van der Waals surface area contributed by atoms with Gasteiger partial charge in [-0.05, 0) is 36.1 Å². The first kappa shape index (κ1) is 16.0. The van der Waals surface area contributed by atoms with Gasteiger partial charge in [-0.15, -0.1) is 0 Å². The number of hydrogen-bond donors (Lipinski definition) is 4. The number of carbonyl (C=O) groups excluding carboxylic acids is 1. The van der Waals surface area contributed by atoms with E-state index in [9.17, 15) is 10.1 Å². The molecule has 0 aliphatic carbocycles. The van der Waals surface area contributed by atoms with E-state index < -0.39 is 0 Å². The summed E-state index contributed by atoms with van der Waals surface area (Å²) in [7, 11) is 0. The van der Waals surface area contributed by atoms with E-state index in [0.717, 1.165) is 11.3 Å². The average Bonchev–Trinajstić information content (AvgIpc) is 3.12. The van der Waals surface area contributed by atoms with Crippen LogP contribution in [0.5, 0.6) is 0 Å². The molecular formula is C19H18N6O. The Labute approximate surface area is 151 Å². The predicted molar refractivity (Wildman–Crippen MR) is 96.4 cm³/mol. The van der Waals surface area contributed by atoms with Gasteiger partial charge in [-0.1, -0.05) is 24.3 Å². The van der Waals surface area contributed by atoms with Gasteiger partial charge in [-0.2, -0.15) is 5.26 Å². The first-order valence-corrected chi connectivity index (χ1v) is 8.35. The normalized spacial score (nSPS) is 23.1. The Balaban J connectivity index is 1.52. The Morgan fingerprint density at radius 3 is 3.00 bits per heavy atom. The molecule has 0 radical (unpaired) electrons. The number of allylic oxidation sites excluding steroid dienone is 2. The number of nitrogens with one attached hydrogen (secondary N) is 4. The molecule has 3 aliphatic heterocycles. The van der Waals surface area contributed by atoms with Crippen molar-refractivity contribution in [3.8, 4) is 6.07 Å². The third-order valence-electron chi connectivity index (χ3n) is 4.42. The van der Waals surface area contributed by atoms with E-state index in [2.05, 4.69) is 27.4 Å². The number of fused-ring (bicyclic) bond motifs is 1. The molecule has 4 N–H and O–H groups in total. The van der Waals surface area contributed by atoms with Crippen LogP contribution in [-0.4, -0.2) is 23.6 Å². The maximum absolute atomic E-state index is 12.7. The van der Waals surface area contributed by atoms with E-state index in [1.54, 1.807) is 17.3 Å². The van der Waals surface area contributed by atoms with Crippen LogP contribution in [0.15, 0.2) is 72.4 Å². The van der Waals surface area contributed by atoms with Gasteiger partial charge in [0.25, 0.3) is 5.91 Å². The van der Waals surface area contributed by atoms with Crippen molar-refractivity contribution in [1.82, 2.24) is 26.4 Å². The second-order valence-electron chi connectivity index (χ2n) is 6.09. The Hall–Kier alpha value is -3.50. The van der Waals surface area contributed by atoms with E-state index in [1.165, 1.54) is 0 Å². The van der Waals surface area contributed by atoms with Gasteiger partial charge in [0.1, 0.15) is 11.9 Å². The molecule has 0 saturated carbocycles. The highest BCUT2D eigenvalue weighted by Crippen LogP contribution is 2.26. The Bertz CT molecular complexity index is 892. The summed E-state index contributed by atoms with van der Waals surface area (Å²) in [6.45, 7) is 0.581. The number of nitrogens with zero attached hydrogens (tertiary/aromatic N) is 2. The van der Waals surface area contributed by atoms with E-state index in [0.29, 0.717) is 17.8 Å². The van der Waals surface area contributed by atoms with Gasteiger partial charge < -0.3 is 16.0 Å². The molecule has 0 fully saturated rings. The highest BCUT2D eigenvalue weighted by atomic mass is 16.2. The van der Waals surface area contributed by atoms with Crippen molar-refractivity contribution >= 4 is 5.91 Å². The first-order valence-electron chi connectivity index (χ1n) is 8.35. The molecule has 7 nitrogen and oxygen atoms in total. The van der Waals surface area contributed by atoms with Crippen molar-refractivity contribution in [3.63, 3.8) is 0 Å². The Kier molecular flexibility index (Phi) is 4.17. The number of amides is 1. The zero-order valence-electron chi connectivity index (χ0n) is 13.9. The van der Waals surface area contributed by atoms with Crippen molar-refractivity contribution in [2.24, 2.45) is 0 Å². The van der Waals surface area contributed by atoms with Crippen LogP contribution in [0.2, 0.25) is 0 Å². The lowest BCUT2D eigenvalue weighted by Gasteiger charge is -2.35. The summed E-state index contributed by atoms with van der Waals surface area (Å²) < 4.78 is 0. The lowest BCUT2D eigenvalue weighted by atomic mass is 10.00. The topological polar surface area (TPSA) is 92.2 Å². The van der Waals surface area contributed by atoms with E-state index >= 15 is 0 Å². The van der Waals surface area contributed by atoms with E-state index in [-0.39, 0.29) is 18.1 Å². The minimum absolute atomic E-state index is 0.139. The molecule has 2 atom stereocenters. The monoisotopic (exact) mass is 346 g/mol. The number of benzene rings is 1. The number of hydrazine groups is 1. The third kappa shape index (κ3) is 2.94. The highest BCUT2D eigenvalue weighted by molar-refractivity contribution is 5.94. The van der Waals surface area contributed by atoms with Gasteiger partial charge in [0, 0.05) is 11.9 Å². The summed E-state index contributed by atoms with van der Waals surface area (Å²) in [6, 6.07) is 9.48. The lowest BCUT2D eigenvalue weighted by molar-refractivity contribution is -0.118. The van der Waals surface area contributed by atoms with Crippen LogP contribution in [0.1, 0.15) is 17.2 Å². The van der Waals surface area contributed by atoms with Crippen LogP contribution in [0, 0.1) is 11.3 Å². The third-order valence-corrected chi connectivity index (χ3v) is 4.42. The molecule has 130 valence electrons. The van der Waals surface area contributed by atoms with Crippen LogP contribution < -0.4 is 21.4 Å². The molecule has 0 aromatic heterocycles. The Morgan fingerprint density at radius 1 is 1.31 bits per heavy atom. The molecule has 0 spiro atoms. The van der Waals surface area contributed by atoms with Gasteiger partial charge >= 0.3 is 0 Å². The lowest BCUT2D eigenvalue weighted by Crippen LogP contribution is -2.51. The molecule has 0 saturated heterocycles. The molecule has 1 aromatic carbocycles. The first-order chi connectivity index (χ1) is 12.8. The number of nitriles is 1. The molecule has 1 amide bonds. The molecule has 0 bridgehead atoms. The standard InChI is InChI=1S/C19H18N6O/c20-10-13-4-1-2-6-15(13)16-7-8-18-22-12-17(25(18)24-16)19(26)23-14-5-3-9-21-11-14/h1-9,12,16,18,21-22,24H,11H2,(H,23,26). The van der Waals surface area contributed by atoms with Crippen LogP contribution >= 0.6 is 0 Å². The summed E-state index contributed by atoms with van der Waals surface area (Å²) in [4.78, 5) is 12.7. The largest absolute Gasteiger partial charge is 0.385 e. The summed E-state index contributed by atoms with van der Waals surface area (Å²) in [6.07, 6.45) is 11.1. The molecule has 26 heavy (non-hydrogen) atoms. The van der Waals surface area contributed by atoms with Gasteiger partial charge in [0.05, 0.1) is 24.2 Å². The highest BCUT2D eigenvalue weighted by Gasteiger charge is 2.33. The van der Waals surface area contributed by atoms with Crippen LogP contribution in [0.3, 0.4) is 0 Å². The Morgan fingerprint density at radius 2 is 2.19 bits per heavy atom. The smallest absolute Gasteiger partial charge is 0.274 e. The summed E-state index contributed by atoms with van der Waals surface area (Å²) in [5.41, 5.74) is 6.12. The maximum Gasteiger partial charge on any atom is 0.274 e. The zero-order valence-corrected chi connectivity index (χ0v) is 13.9. The summed E-state index contributed by atoms with van der Waals surface area (Å²) in [5, 5.41) is 20.3. The fourth-order valence-corrected chi connectivity index (χ4v) is 3.13. The van der Waals surface area contributed by atoms with Crippen LogP contribution in [-0.2, 0) is 4.79 Å². The predicted octanol–water partition coefficient (Wildman–Crippen LogP) is 0.863. The van der Waals surface area contributed by atoms with Crippen molar-refractivity contribution in [2.45, 2.75) is 12.2 Å². The molecule has 3 aliphatic rings. The van der Waals surface area contributed by atoms with Crippen molar-refractivity contribution < 1.29 is 4.79 Å².